The third-order valence-corrected chi connectivity index (χ3v) is 6.04. The average molecular weight is 442 g/mol. The smallest absolute Gasteiger partial charge is 0.345 e. The Bertz CT molecular complexity index is 1570. The molecule has 3 heterocycles. The van der Waals surface area contributed by atoms with Crippen LogP contribution in [0.4, 0.5) is 0 Å². The Hall–Kier alpha value is -3.97. The van der Waals surface area contributed by atoms with E-state index in [1.807, 2.05) is 83.6 Å². The number of aryl methyl sites for hydroxylation is 1. The molecular weight excluding hydrogens is 422 g/mol. The van der Waals surface area contributed by atoms with Crippen molar-refractivity contribution in [2.45, 2.75) is 6.92 Å². The molecule has 0 unspecified atom stereocenters. The van der Waals surface area contributed by atoms with Gasteiger partial charge < -0.3 is 8.94 Å². The zero-order valence-corrected chi connectivity index (χ0v) is 18.3. The number of nitrogens with zero attached hydrogens (tertiary/aromatic N) is 3. The third kappa shape index (κ3) is 3.52. The van der Waals surface area contributed by atoms with Crippen molar-refractivity contribution in [2.75, 3.05) is 7.05 Å². The van der Waals surface area contributed by atoms with Crippen LogP contribution >= 0.6 is 11.3 Å². The number of hydrogen-bond donors (Lipinski definition) is 0. The molecule has 0 fully saturated rings. The van der Waals surface area contributed by atoms with Gasteiger partial charge in [0.2, 0.25) is 0 Å². The minimum atomic E-state index is -0.409. The molecule has 158 valence electrons. The van der Waals surface area contributed by atoms with Crippen LogP contribution in [-0.2, 0) is 0 Å². The van der Waals surface area contributed by atoms with Crippen molar-refractivity contribution in [1.29, 1.82) is 0 Å². The van der Waals surface area contributed by atoms with Gasteiger partial charge in [-0.05, 0) is 30.7 Å². The van der Waals surface area contributed by atoms with Crippen molar-refractivity contribution < 1.29 is 8.94 Å². The molecule has 0 aliphatic heterocycles. The van der Waals surface area contributed by atoms with E-state index in [1.165, 1.54) is 11.3 Å². The van der Waals surface area contributed by atoms with Crippen molar-refractivity contribution in [3.63, 3.8) is 0 Å². The Labute approximate surface area is 187 Å². The fourth-order valence-electron chi connectivity index (χ4n) is 3.61. The van der Waals surface area contributed by atoms with Crippen LogP contribution in [0.3, 0.4) is 0 Å². The lowest BCUT2D eigenvalue weighted by Crippen LogP contribution is -2.17. The third-order valence-electron chi connectivity index (χ3n) is 5.12. The predicted molar refractivity (Wildman–Crippen MR) is 127 cm³/mol. The molecule has 0 radical (unpaired) electrons. The molecule has 5 rings (SSSR count). The topological polar surface area (TPSA) is 73.5 Å². The summed E-state index contributed by atoms with van der Waals surface area (Å²) in [5.41, 5.74) is 3.74. The van der Waals surface area contributed by atoms with Crippen LogP contribution in [0, 0.1) is 6.92 Å². The Kier molecular flexibility index (Phi) is 5.17. The van der Waals surface area contributed by atoms with Crippen molar-refractivity contribution in [3.8, 4) is 16.9 Å². The minimum absolute atomic E-state index is 0.409. The molecule has 0 atom stereocenters. The molecule has 2 aromatic carbocycles. The van der Waals surface area contributed by atoms with E-state index in [0.717, 1.165) is 16.6 Å². The van der Waals surface area contributed by atoms with E-state index in [4.69, 9.17) is 8.94 Å². The molecule has 0 saturated heterocycles. The first-order valence-electron chi connectivity index (χ1n) is 10.0. The second kappa shape index (κ2) is 8.28. The normalized spacial score (nSPS) is 12.2. The highest BCUT2D eigenvalue weighted by Gasteiger charge is 2.21. The zero-order valence-electron chi connectivity index (χ0n) is 17.5. The molecule has 3 aromatic heterocycles. The van der Waals surface area contributed by atoms with E-state index < -0.39 is 5.63 Å². The summed E-state index contributed by atoms with van der Waals surface area (Å²) in [6, 6.07) is 19.3. The molecule has 0 aliphatic rings. The van der Waals surface area contributed by atoms with Gasteiger partial charge in [-0.3, -0.25) is 9.56 Å². The molecular formula is C25H19N3O3S. The first-order chi connectivity index (χ1) is 15.7. The SMILES string of the molecule is CN=c1scc(-c2cc3ccccc3oc2=O)n1-c1c(C)noc1/C=C/c1ccccc1. The van der Waals surface area contributed by atoms with Gasteiger partial charge in [0.05, 0.1) is 11.3 Å². The molecule has 0 saturated carbocycles. The number of rotatable bonds is 4. The summed E-state index contributed by atoms with van der Waals surface area (Å²) in [6.45, 7) is 1.87. The highest BCUT2D eigenvalue weighted by Crippen LogP contribution is 2.28. The predicted octanol–water partition coefficient (Wildman–Crippen LogP) is 5.31. The van der Waals surface area contributed by atoms with Gasteiger partial charge >= 0.3 is 5.63 Å². The molecule has 0 bridgehead atoms. The van der Waals surface area contributed by atoms with Gasteiger partial charge in [0, 0.05) is 17.8 Å². The molecule has 7 heteroatoms. The molecule has 5 aromatic rings. The van der Waals surface area contributed by atoms with Gasteiger partial charge in [-0.2, -0.15) is 0 Å². The van der Waals surface area contributed by atoms with Gasteiger partial charge in [-0.15, -0.1) is 11.3 Å². The number of hydrogen-bond acceptors (Lipinski definition) is 6. The Balaban J connectivity index is 1.71. The van der Waals surface area contributed by atoms with Crippen molar-refractivity contribution in [1.82, 2.24) is 9.72 Å². The maximum Gasteiger partial charge on any atom is 0.345 e. The van der Waals surface area contributed by atoms with Crippen LogP contribution in [0.2, 0.25) is 0 Å². The van der Waals surface area contributed by atoms with Crippen LogP contribution < -0.4 is 10.4 Å². The molecule has 0 aliphatic carbocycles. The fourth-order valence-corrected chi connectivity index (χ4v) is 4.46. The van der Waals surface area contributed by atoms with Gasteiger partial charge in [0.1, 0.15) is 17.0 Å². The van der Waals surface area contributed by atoms with Crippen LogP contribution in [0.1, 0.15) is 17.0 Å². The summed E-state index contributed by atoms with van der Waals surface area (Å²) < 4.78 is 13.1. The molecule has 32 heavy (non-hydrogen) atoms. The number of fused-ring (bicyclic) bond motifs is 1. The first kappa shape index (κ1) is 20.0. The van der Waals surface area contributed by atoms with Crippen molar-refractivity contribution in [3.05, 3.63) is 98.3 Å². The first-order valence-corrected chi connectivity index (χ1v) is 10.9. The van der Waals surface area contributed by atoms with E-state index >= 15 is 0 Å². The second-order valence-electron chi connectivity index (χ2n) is 7.17. The van der Waals surface area contributed by atoms with Crippen molar-refractivity contribution >= 4 is 34.5 Å². The monoisotopic (exact) mass is 441 g/mol. The largest absolute Gasteiger partial charge is 0.422 e. The maximum atomic E-state index is 12.9. The zero-order chi connectivity index (χ0) is 22.1. The highest BCUT2D eigenvalue weighted by atomic mass is 32.1. The van der Waals surface area contributed by atoms with Crippen molar-refractivity contribution in [2.24, 2.45) is 4.99 Å². The van der Waals surface area contributed by atoms with E-state index in [2.05, 4.69) is 10.1 Å². The van der Waals surface area contributed by atoms with Gasteiger partial charge in [0.15, 0.2) is 10.6 Å². The Morgan fingerprint density at radius 1 is 1.06 bits per heavy atom. The summed E-state index contributed by atoms with van der Waals surface area (Å²) >= 11 is 1.44. The Morgan fingerprint density at radius 2 is 1.84 bits per heavy atom. The van der Waals surface area contributed by atoms with E-state index in [0.29, 0.717) is 33.1 Å². The number of para-hydroxylation sites is 1. The molecule has 0 N–H and O–H groups in total. The lowest BCUT2D eigenvalue weighted by molar-refractivity contribution is 0.408. The molecule has 0 amide bonds. The summed E-state index contributed by atoms with van der Waals surface area (Å²) in [5, 5.41) is 6.93. The summed E-state index contributed by atoms with van der Waals surface area (Å²) in [7, 11) is 1.72. The van der Waals surface area contributed by atoms with E-state index in [9.17, 15) is 4.79 Å². The number of benzene rings is 2. The summed E-state index contributed by atoms with van der Waals surface area (Å²) in [5.74, 6) is 0.575. The second-order valence-corrected chi connectivity index (χ2v) is 8.01. The summed E-state index contributed by atoms with van der Waals surface area (Å²) in [4.78, 5) is 18.0. The highest BCUT2D eigenvalue weighted by molar-refractivity contribution is 7.07. The van der Waals surface area contributed by atoms with E-state index in [1.54, 1.807) is 13.1 Å². The Morgan fingerprint density at radius 3 is 2.66 bits per heavy atom. The van der Waals surface area contributed by atoms with Crippen LogP contribution in [-0.4, -0.2) is 16.8 Å². The van der Waals surface area contributed by atoms with Crippen LogP contribution in [0.5, 0.6) is 0 Å². The average Bonchev–Trinajstić information content (AvgIpc) is 3.40. The lowest BCUT2D eigenvalue weighted by atomic mass is 10.1. The number of aromatic nitrogens is 2. The fraction of sp³-hybridized carbons (Fsp3) is 0.0800. The van der Waals surface area contributed by atoms with E-state index in [-0.39, 0.29) is 0 Å². The van der Waals surface area contributed by atoms with Gasteiger partial charge in [0.25, 0.3) is 0 Å². The van der Waals surface area contributed by atoms with Gasteiger partial charge in [-0.25, -0.2) is 4.79 Å². The number of thiazole rings is 1. The molecule has 0 spiro atoms. The van der Waals surface area contributed by atoms with Gasteiger partial charge in [-0.1, -0.05) is 59.8 Å². The van der Waals surface area contributed by atoms with Crippen LogP contribution in [0.25, 0.3) is 40.1 Å². The minimum Gasteiger partial charge on any atom is -0.422 e. The standard InChI is InChI=1S/C25H19N3O3S/c1-16-23(22(31-27-16)13-12-17-8-4-3-5-9-17)28-20(15-32-25(28)26-2)19-14-18-10-6-7-11-21(18)30-24(19)29/h3-15H,1-2H3/b13-12+,26-25?. The van der Waals surface area contributed by atoms with Crippen LogP contribution in [0.15, 0.2) is 84.8 Å². The lowest BCUT2D eigenvalue weighted by Gasteiger charge is -2.08. The summed E-state index contributed by atoms with van der Waals surface area (Å²) in [6.07, 6.45) is 3.84. The quantitative estimate of drug-likeness (QED) is 0.354. The molecule has 6 nitrogen and oxygen atoms in total. The maximum absolute atomic E-state index is 12.9.